The van der Waals surface area contributed by atoms with E-state index in [0.717, 1.165) is 0 Å². The molecule has 0 bridgehead atoms. The largest absolute Gasteiger partial charge is 0.347 e. The molecule has 0 saturated carbocycles. The van der Waals surface area contributed by atoms with Crippen molar-refractivity contribution < 1.29 is 9.59 Å². The topological polar surface area (TPSA) is 52.7 Å². The number of nitrogens with zero attached hydrogens (tertiary/aromatic N) is 2. The van der Waals surface area contributed by atoms with Crippen LogP contribution in [0.5, 0.6) is 0 Å². The highest BCUT2D eigenvalue weighted by molar-refractivity contribution is 5.89. The first-order valence-electron chi connectivity index (χ1n) is 6.77. The summed E-state index contributed by atoms with van der Waals surface area (Å²) >= 11 is 0. The van der Waals surface area contributed by atoms with Crippen LogP contribution in [0.3, 0.4) is 0 Å². The predicted octanol–water partition coefficient (Wildman–Crippen LogP) is 0.802. The molecular weight excluding hydrogens is 242 g/mol. The van der Waals surface area contributed by atoms with E-state index in [1.165, 1.54) is 4.90 Å². The second-order valence-electron chi connectivity index (χ2n) is 6.12. The van der Waals surface area contributed by atoms with Crippen LogP contribution in [0.2, 0.25) is 0 Å². The predicted molar refractivity (Wildman–Crippen MR) is 77.8 cm³/mol. The first-order valence-corrected chi connectivity index (χ1v) is 6.77. The van der Waals surface area contributed by atoms with Crippen molar-refractivity contribution in [1.82, 2.24) is 15.1 Å². The first kappa shape index (κ1) is 17.9. The summed E-state index contributed by atoms with van der Waals surface area (Å²) in [6.45, 7) is 7.88. The molecule has 5 nitrogen and oxygen atoms in total. The summed E-state index contributed by atoms with van der Waals surface area (Å²) in [4.78, 5) is 27.8. The molecule has 0 unspecified atom stereocenters. The Kier molecular flexibility index (Phi) is 7.05. The van der Waals surface area contributed by atoms with E-state index in [1.54, 1.807) is 14.1 Å². The highest BCUT2D eigenvalue weighted by atomic mass is 16.2. The van der Waals surface area contributed by atoms with Crippen molar-refractivity contribution in [2.45, 2.75) is 39.8 Å². The van der Waals surface area contributed by atoms with Gasteiger partial charge in [0.15, 0.2) is 0 Å². The summed E-state index contributed by atoms with van der Waals surface area (Å²) in [6, 6.07) is -0.695. The lowest BCUT2D eigenvalue weighted by Crippen LogP contribution is -2.55. The third kappa shape index (κ3) is 5.19. The van der Waals surface area contributed by atoms with Gasteiger partial charge in [-0.15, -0.1) is 0 Å². The molecule has 0 rings (SSSR count). The third-order valence-electron chi connectivity index (χ3n) is 3.13. The fourth-order valence-electron chi connectivity index (χ4n) is 2.16. The highest BCUT2D eigenvalue weighted by Crippen LogP contribution is 2.10. The molecule has 0 aromatic rings. The van der Waals surface area contributed by atoms with E-state index >= 15 is 0 Å². The second kappa shape index (κ2) is 7.48. The summed E-state index contributed by atoms with van der Waals surface area (Å²) in [5, 5.41) is 2.89. The van der Waals surface area contributed by atoms with E-state index < -0.39 is 6.04 Å². The van der Waals surface area contributed by atoms with Gasteiger partial charge in [0.05, 0.1) is 6.04 Å². The quantitative estimate of drug-likeness (QED) is 0.777. The van der Waals surface area contributed by atoms with Crippen LogP contribution >= 0.6 is 0 Å². The monoisotopic (exact) mass is 271 g/mol. The van der Waals surface area contributed by atoms with Gasteiger partial charge in [-0.25, -0.2) is 0 Å². The molecule has 5 heteroatoms. The molecule has 0 fully saturated rings. The van der Waals surface area contributed by atoms with Gasteiger partial charge >= 0.3 is 0 Å². The average Bonchev–Trinajstić information content (AvgIpc) is 2.23. The number of carbonyl (C=O) groups is 2. The van der Waals surface area contributed by atoms with Gasteiger partial charge < -0.3 is 10.2 Å². The van der Waals surface area contributed by atoms with E-state index in [-0.39, 0.29) is 29.7 Å². The van der Waals surface area contributed by atoms with Crippen molar-refractivity contribution in [3.63, 3.8) is 0 Å². The Labute approximate surface area is 117 Å². The Morgan fingerprint density at radius 2 is 1.37 bits per heavy atom. The molecule has 0 aliphatic rings. The van der Waals surface area contributed by atoms with Crippen molar-refractivity contribution >= 4 is 11.8 Å². The Morgan fingerprint density at radius 3 is 1.63 bits per heavy atom. The SMILES string of the molecule is CC(C)[C@H](NC(=O)[C@H](C(C)C)N(C)C)C(=O)N(C)C. The highest BCUT2D eigenvalue weighted by Gasteiger charge is 2.30. The zero-order chi connectivity index (χ0) is 15.3. The van der Waals surface area contributed by atoms with Gasteiger partial charge in [0.2, 0.25) is 11.8 Å². The normalized spacial score (nSPS) is 14.7. The number of hydrogen-bond acceptors (Lipinski definition) is 3. The third-order valence-corrected chi connectivity index (χ3v) is 3.13. The first-order chi connectivity index (χ1) is 8.59. The standard InChI is InChI=1S/C14H29N3O2/c1-9(2)11(14(19)17(7)8)15-13(18)12(10(3)4)16(5)6/h9-12H,1-8H3,(H,15,18)/t11-,12-/m0/s1. The maximum Gasteiger partial charge on any atom is 0.244 e. The summed E-state index contributed by atoms with van der Waals surface area (Å²) < 4.78 is 0. The summed E-state index contributed by atoms with van der Waals surface area (Å²) in [6.07, 6.45) is 0. The minimum atomic E-state index is -0.469. The van der Waals surface area contributed by atoms with E-state index in [2.05, 4.69) is 5.32 Å². The molecule has 0 aliphatic carbocycles. The zero-order valence-electron chi connectivity index (χ0n) is 13.5. The van der Waals surface area contributed by atoms with Crippen molar-refractivity contribution in [3.05, 3.63) is 0 Å². The van der Waals surface area contributed by atoms with Gasteiger partial charge in [-0.1, -0.05) is 27.7 Å². The van der Waals surface area contributed by atoms with E-state index in [4.69, 9.17) is 0 Å². The van der Waals surface area contributed by atoms with Crippen LogP contribution in [0.25, 0.3) is 0 Å². The maximum absolute atomic E-state index is 12.3. The molecule has 0 aliphatic heterocycles. The van der Waals surface area contributed by atoms with Crippen LogP contribution in [0, 0.1) is 11.8 Å². The Bertz CT molecular complexity index is 304. The fraction of sp³-hybridized carbons (Fsp3) is 0.857. The number of nitrogens with one attached hydrogen (secondary N) is 1. The van der Waals surface area contributed by atoms with Crippen molar-refractivity contribution in [1.29, 1.82) is 0 Å². The number of hydrogen-bond donors (Lipinski definition) is 1. The maximum atomic E-state index is 12.3. The van der Waals surface area contributed by atoms with E-state index in [0.29, 0.717) is 0 Å². The Morgan fingerprint density at radius 1 is 0.895 bits per heavy atom. The molecule has 0 saturated heterocycles. The second-order valence-corrected chi connectivity index (χ2v) is 6.12. The van der Waals surface area contributed by atoms with Gasteiger partial charge in [0.25, 0.3) is 0 Å². The van der Waals surface area contributed by atoms with Gasteiger partial charge in [-0.3, -0.25) is 14.5 Å². The summed E-state index contributed by atoms with van der Waals surface area (Å²) in [7, 11) is 7.16. The molecule has 0 heterocycles. The zero-order valence-corrected chi connectivity index (χ0v) is 13.5. The van der Waals surface area contributed by atoms with Crippen LogP contribution in [0.4, 0.5) is 0 Å². The van der Waals surface area contributed by atoms with Crippen LogP contribution < -0.4 is 5.32 Å². The van der Waals surface area contributed by atoms with Crippen molar-refractivity contribution in [2.75, 3.05) is 28.2 Å². The van der Waals surface area contributed by atoms with Crippen molar-refractivity contribution in [3.8, 4) is 0 Å². The van der Waals surface area contributed by atoms with Gasteiger partial charge in [0.1, 0.15) is 6.04 Å². The minimum absolute atomic E-state index is 0.0637. The number of likely N-dealkylation sites (N-methyl/N-ethyl adjacent to an activating group) is 2. The fourth-order valence-corrected chi connectivity index (χ4v) is 2.16. The van der Waals surface area contributed by atoms with Crippen LogP contribution in [-0.4, -0.2) is 61.9 Å². The molecular formula is C14H29N3O2. The molecule has 2 amide bonds. The molecule has 1 N–H and O–H groups in total. The molecule has 2 atom stereocenters. The Hall–Kier alpha value is -1.10. The smallest absolute Gasteiger partial charge is 0.244 e. The summed E-state index contributed by atoms with van der Waals surface area (Å²) in [5.74, 6) is 0.101. The molecule has 0 radical (unpaired) electrons. The van der Waals surface area contributed by atoms with Crippen LogP contribution in [-0.2, 0) is 9.59 Å². The molecule has 0 aromatic carbocycles. The molecule has 112 valence electrons. The van der Waals surface area contributed by atoms with E-state index in [1.807, 2.05) is 46.7 Å². The number of amides is 2. The van der Waals surface area contributed by atoms with Gasteiger partial charge in [0, 0.05) is 14.1 Å². The van der Waals surface area contributed by atoms with Gasteiger partial charge in [-0.05, 0) is 25.9 Å². The molecule has 19 heavy (non-hydrogen) atoms. The van der Waals surface area contributed by atoms with E-state index in [9.17, 15) is 9.59 Å². The van der Waals surface area contributed by atoms with Crippen LogP contribution in [0.1, 0.15) is 27.7 Å². The lowest BCUT2D eigenvalue weighted by atomic mass is 9.99. The van der Waals surface area contributed by atoms with Crippen LogP contribution in [0.15, 0.2) is 0 Å². The lowest BCUT2D eigenvalue weighted by molar-refractivity contribution is -0.137. The average molecular weight is 271 g/mol. The molecule has 0 spiro atoms. The molecule has 0 aromatic heterocycles. The number of carbonyl (C=O) groups excluding carboxylic acids is 2. The lowest BCUT2D eigenvalue weighted by Gasteiger charge is -2.31. The Balaban J connectivity index is 4.95. The minimum Gasteiger partial charge on any atom is -0.347 e. The summed E-state index contributed by atoms with van der Waals surface area (Å²) in [5.41, 5.74) is 0. The van der Waals surface area contributed by atoms with Crippen molar-refractivity contribution in [2.24, 2.45) is 11.8 Å². The number of rotatable bonds is 6. The van der Waals surface area contributed by atoms with Gasteiger partial charge in [-0.2, -0.15) is 0 Å².